The van der Waals surface area contributed by atoms with E-state index in [1.165, 1.54) is 25.7 Å². The lowest BCUT2D eigenvalue weighted by molar-refractivity contribution is -0.704. The van der Waals surface area contributed by atoms with Crippen LogP contribution in [0.1, 0.15) is 31.4 Å². The van der Waals surface area contributed by atoms with Gasteiger partial charge in [0.25, 0.3) is 0 Å². The second-order valence-electron chi connectivity index (χ2n) is 5.26. The molecule has 3 rings (SSSR count). The van der Waals surface area contributed by atoms with Crippen LogP contribution in [0, 0.1) is 0 Å². The Morgan fingerprint density at radius 3 is 2.53 bits per heavy atom. The van der Waals surface area contributed by atoms with Crippen LogP contribution in [0.5, 0.6) is 0 Å². The molecular formula is C16H19BrNO+. The molecule has 0 atom stereocenters. The third kappa shape index (κ3) is 3.28. The SMILES string of the molecule is Brc1ccc(-c2ccc(C[NH2+]C3CCCC3)o2)cc1. The van der Waals surface area contributed by atoms with Crippen molar-refractivity contribution in [1.29, 1.82) is 0 Å². The Hall–Kier alpha value is -1.06. The Morgan fingerprint density at radius 2 is 1.79 bits per heavy atom. The molecule has 2 nitrogen and oxygen atoms in total. The number of halogens is 1. The van der Waals surface area contributed by atoms with Gasteiger partial charge in [0, 0.05) is 10.0 Å². The van der Waals surface area contributed by atoms with Gasteiger partial charge < -0.3 is 9.73 Å². The second kappa shape index (κ2) is 5.93. The van der Waals surface area contributed by atoms with Crippen molar-refractivity contribution in [2.45, 2.75) is 38.3 Å². The number of benzene rings is 1. The molecule has 1 aliphatic carbocycles. The van der Waals surface area contributed by atoms with Crippen LogP contribution in [0.15, 0.2) is 45.3 Å². The van der Waals surface area contributed by atoms with Crippen LogP contribution >= 0.6 is 15.9 Å². The van der Waals surface area contributed by atoms with E-state index in [4.69, 9.17) is 4.42 Å². The third-order valence-corrected chi connectivity index (χ3v) is 4.37. The van der Waals surface area contributed by atoms with Gasteiger partial charge in [-0.1, -0.05) is 28.1 Å². The molecule has 1 saturated carbocycles. The fourth-order valence-electron chi connectivity index (χ4n) is 2.73. The monoisotopic (exact) mass is 320 g/mol. The van der Waals surface area contributed by atoms with E-state index in [9.17, 15) is 0 Å². The van der Waals surface area contributed by atoms with Crippen molar-refractivity contribution in [2.24, 2.45) is 0 Å². The number of rotatable bonds is 4. The largest absolute Gasteiger partial charge is 0.455 e. The normalized spacial score (nSPS) is 16.1. The summed E-state index contributed by atoms with van der Waals surface area (Å²) < 4.78 is 7.02. The predicted octanol–water partition coefficient (Wildman–Crippen LogP) is 3.72. The summed E-state index contributed by atoms with van der Waals surface area (Å²) >= 11 is 3.45. The number of hydrogen-bond donors (Lipinski definition) is 1. The zero-order chi connectivity index (χ0) is 13.1. The molecule has 0 spiro atoms. The summed E-state index contributed by atoms with van der Waals surface area (Å²) in [7, 11) is 0. The molecule has 1 fully saturated rings. The highest BCUT2D eigenvalue weighted by atomic mass is 79.9. The average Bonchev–Trinajstić information content (AvgIpc) is 3.09. The van der Waals surface area contributed by atoms with Gasteiger partial charge >= 0.3 is 0 Å². The quantitative estimate of drug-likeness (QED) is 0.914. The maximum absolute atomic E-state index is 5.92. The zero-order valence-electron chi connectivity index (χ0n) is 10.9. The van der Waals surface area contributed by atoms with E-state index in [0.717, 1.165) is 34.1 Å². The lowest BCUT2D eigenvalue weighted by Gasteiger charge is -2.06. The highest BCUT2D eigenvalue weighted by Crippen LogP contribution is 2.23. The molecule has 1 aromatic carbocycles. The van der Waals surface area contributed by atoms with Crippen LogP contribution < -0.4 is 5.32 Å². The fourth-order valence-corrected chi connectivity index (χ4v) is 3.00. The average molecular weight is 321 g/mol. The molecule has 2 N–H and O–H groups in total. The third-order valence-electron chi connectivity index (χ3n) is 3.84. The van der Waals surface area contributed by atoms with Crippen molar-refractivity contribution in [3.8, 4) is 11.3 Å². The molecule has 0 radical (unpaired) electrons. The first-order chi connectivity index (χ1) is 9.31. The van der Waals surface area contributed by atoms with E-state index in [-0.39, 0.29) is 0 Å². The van der Waals surface area contributed by atoms with Crippen LogP contribution in [0.25, 0.3) is 11.3 Å². The standard InChI is InChI=1S/C16H18BrNO/c17-13-7-5-12(6-8-13)16-10-9-15(19-16)11-18-14-3-1-2-4-14/h5-10,14,18H,1-4,11H2/p+1. The Balaban J connectivity index is 1.63. The minimum absolute atomic E-state index is 0.807. The number of quaternary nitrogens is 1. The van der Waals surface area contributed by atoms with E-state index in [2.05, 4.69) is 45.5 Å². The topological polar surface area (TPSA) is 29.8 Å². The van der Waals surface area contributed by atoms with E-state index in [1.54, 1.807) is 0 Å². The smallest absolute Gasteiger partial charge is 0.158 e. The molecule has 0 unspecified atom stereocenters. The molecule has 1 heterocycles. The second-order valence-corrected chi connectivity index (χ2v) is 6.17. The van der Waals surface area contributed by atoms with Gasteiger partial charge in [0.15, 0.2) is 5.76 Å². The molecular weight excluding hydrogens is 302 g/mol. The van der Waals surface area contributed by atoms with Gasteiger partial charge in [-0.3, -0.25) is 0 Å². The minimum atomic E-state index is 0.807. The molecule has 1 aromatic heterocycles. The molecule has 1 aliphatic rings. The van der Waals surface area contributed by atoms with Crippen LogP contribution in [-0.4, -0.2) is 6.04 Å². The fraction of sp³-hybridized carbons (Fsp3) is 0.375. The maximum atomic E-state index is 5.92. The molecule has 0 bridgehead atoms. The van der Waals surface area contributed by atoms with Crippen molar-refractivity contribution >= 4 is 15.9 Å². The summed E-state index contributed by atoms with van der Waals surface area (Å²) in [5, 5.41) is 2.43. The molecule has 19 heavy (non-hydrogen) atoms. The summed E-state index contributed by atoms with van der Waals surface area (Å²) in [5.41, 5.74) is 1.13. The first-order valence-corrected chi connectivity index (χ1v) is 7.78. The van der Waals surface area contributed by atoms with Crippen LogP contribution in [-0.2, 0) is 6.54 Å². The Bertz CT molecular complexity index is 526. The maximum Gasteiger partial charge on any atom is 0.158 e. The van der Waals surface area contributed by atoms with Gasteiger partial charge in [-0.05, 0) is 49.9 Å². The Labute approximate surface area is 122 Å². The summed E-state index contributed by atoms with van der Waals surface area (Å²) in [6.07, 6.45) is 5.51. The first kappa shape index (κ1) is 12.9. The van der Waals surface area contributed by atoms with Crippen molar-refractivity contribution in [3.63, 3.8) is 0 Å². The van der Waals surface area contributed by atoms with Gasteiger partial charge in [-0.25, -0.2) is 0 Å². The number of nitrogens with two attached hydrogens (primary N) is 1. The molecule has 0 aliphatic heterocycles. The summed E-state index contributed by atoms with van der Waals surface area (Å²) in [6, 6.07) is 13.2. The van der Waals surface area contributed by atoms with Crippen molar-refractivity contribution < 1.29 is 9.73 Å². The van der Waals surface area contributed by atoms with E-state index >= 15 is 0 Å². The Morgan fingerprint density at radius 1 is 1.05 bits per heavy atom. The highest BCUT2D eigenvalue weighted by molar-refractivity contribution is 9.10. The lowest BCUT2D eigenvalue weighted by Crippen LogP contribution is -2.87. The van der Waals surface area contributed by atoms with Gasteiger partial charge in [0.05, 0.1) is 6.04 Å². The van der Waals surface area contributed by atoms with Crippen LogP contribution in [0.4, 0.5) is 0 Å². The molecule has 0 amide bonds. The number of furan rings is 1. The van der Waals surface area contributed by atoms with Crippen molar-refractivity contribution in [3.05, 3.63) is 46.6 Å². The first-order valence-electron chi connectivity index (χ1n) is 6.99. The van der Waals surface area contributed by atoms with E-state index in [1.807, 2.05) is 12.1 Å². The van der Waals surface area contributed by atoms with Gasteiger partial charge in [-0.15, -0.1) is 0 Å². The van der Waals surface area contributed by atoms with Crippen molar-refractivity contribution in [1.82, 2.24) is 0 Å². The number of hydrogen-bond acceptors (Lipinski definition) is 1. The summed E-state index contributed by atoms with van der Waals surface area (Å²) in [4.78, 5) is 0. The van der Waals surface area contributed by atoms with Crippen molar-refractivity contribution in [2.75, 3.05) is 0 Å². The summed E-state index contributed by atoms with van der Waals surface area (Å²) in [5.74, 6) is 2.03. The molecule has 100 valence electrons. The zero-order valence-corrected chi connectivity index (χ0v) is 12.5. The molecule has 0 saturated heterocycles. The van der Waals surface area contributed by atoms with Gasteiger partial charge in [-0.2, -0.15) is 0 Å². The molecule has 3 heteroatoms. The van der Waals surface area contributed by atoms with E-state index in [0.29, 0.717) is 0 Å². The van der Waals surface area contributed by atoms with Crippen LogP contribution in [0.2, 0.25) is 0 Å². The molecule has 2 aromatic rings. The van der Waals surface area contributed by atoms with E-state index < -0.39 is 0 Å². The van der Waals surface area contributed by atoms with Gasteiger partial charge in [0.1, 0.15) is 12.3 Å². The van der Waals surface area contributed by atoms with Crippen LogP contribution in [0.3, 0.4) is 0 Å². The Kier molecular flexibility index (Phi) is 4.04. The predicted molar refractivity (Wildman–Crippen MR) is 79.7 cm³/mol. The minimum Gasteiger partial charge on any atom is -0.455 e. The summed E-state index contributed by atoms with van der Waals surface area (Å²) in [6.45, 7) is 0.960. The highest BCUT2D eigenvalue weighted by Gasteiger charge is 2.18. The lowest BCUT2D eigenvalue weighted by atomic mass is 10.2. The van der Waals surface area contributed by atoms with Gasteiger partial charge in [0.2, 0.25) is 0 Å².